The summed E-state index contributed by atoms with van der Waals surface area (Å²) in [7, 11) is 1.11. The standard InChI is InChI=1S/C10H15NO6/c1-10(2,3)8-11(9(15)16-4)5(6(12)13)7(14)17-8/h5,8H,1-4H3,(H,12,13). The minimum Gasteiger partial charge on any atom is -0.479 e. The zero-order valence-electron chi connectivity index (χ0n) is 10.1. The average Bonchev–Trinajstić information content (AvgIpc) is 2.54. The first-order chi connectivity index (χ1) is 7.70. The highest BCUT2D eigenvalue weighted by molar-refractivity contribution is 6.02. The minimum absolute atomic E-state index is 0.603. The van der Waals surface area contributed by atoms with Crippen molar-refractivity contribution in [2.24, 2.45) is 5.41 Å². The van der Waals surface area contributed by atoms with Gasteiger partial charge in [0.2, 0.25) is 6.04 Å². The zero-order chi connectivity index (χ0) is 13.4. The molecule has 1 amide bonds. The van der Waals surface area contributed by atoms with Gasteiger partial charge in [-0.3, -0.25) is 0 Å². The van der Waals surface area contributed by atoms with Crippen molar-refractivity contribution in [2.45, 2.75) is 33.0 Å². The summed E-state index contributed by atoms with van der Waals surface area (Å²) in [6.07, 6.45) is -1.85. The van der Waals surface area contributed by atoms with Crippen LogP contribution >= 0.6 is 0 Å². The predicted molar refractivity (Wildman–Crippen MR) is 55.0 cm³/mol. The number of nitrogens with zero attached hydrogens (tertiary/aromatic N) is 1. The van der Waals surface area contributed by atoms with Crippen LogP contribution in [0.1, 0.15) is 20.8 Å². The first kappa shape index (κ1) is 13.3. The Morgan fingerprint density at radius 2 is 1.94 bits per heavy atom. The number of cyclic esters (lactones) is 1. The van der Waals surface area contributed by atoms with Gasteiger partial charge < -0.3 is 14.6 Å². The molecule has 1 aliphatic rings. The molecule has 0 aromatic heterocycles. The molecule has 1 fully saturated rings. The molecule has 17 heavy (non-hydrogen) atoms. The number of carboxylic acids is 1. The Labute approximate surface area is 98.3 Å². The van der Waals surface area contributed by atoms with Crippen molar-refractivity contribution in [1.29, 1.82) is 0 Å². The maximum atomic E-state index is 11.5. The lowest BCUT2D eigenvalue weighted by molar-refractivity contribution is -0.151. The number of rotatable bonds is 1. The van der Waals surface area contributed by atoms with Crippen LogP contribution < -0.4 is 0 Å². The van der Waals surface area contributed by atoms with Gasteiger partial charge in [0, 0.05) is 5.41 Å². The maximum absolute atomic E-state index is 11.5. The number of carbonyl (C=O) groups excluding carboxylic acids is 2. The second kappa shape index (κ2) is 4.23. The van der Waals surface area contributed by atoms with E-state index >= 15 is 0 Å². The quantitative estimate of drug-likeness (QED) is 0.532. The first-order valence-electron chi connectivity index (χ1n) is 4.99. The number of carboxylic acid groups (broad SMARTS) is 1. The summed E-state index contributed by atoms with van der Waals surface area (Å²) in [6, 6.07) is -1.65. The third-order valence-corrected chi connectivity index (χ3v) is 2.34. The van der Waals surface area contributed by atoms with Crippen LogP contribution in [0.2, 0.25) is 0 Å². The smallest absolute Gasteiger partial charge is 0.413 e. The van der Waals surface area contributed by atoms with Gasteiger partial charge in [0.1, 0.15) is 0 Å². The van der Waals surface area contributed by atoms with E-state index in [-0.39, 0.29) is 0 Å². The molecule has 0 aromatic rings. The van der Waals surface area contributed by atoms with Crippen LogP contribution in [0.3, 0.4) is 0 Å². The van der Waals surface area contributed by atoms with Crippen LogP contribution in [0, 0.1) is 5.41 Å². The van der Waals surface area contributed by atoms with Gasteiger partial charge in [-0.15, -0.1) is 0 Å². The molecule has 2 unspecified atom stereocenters. The Morgan fingerprint density at radius 3 is 2.29 bits per heavy atom. The van der Waals surface area contributed by atoms with E-state index in [0.717, 1.165) is 12.0 Å². The Hall–Kier alpha value is -1.79. The molecule has 1 rings (SSSR count). The Morgan fingerprint density at radius 1 is 1.41 bits per heavy atom. The molecule has 2 atom stereocenters. The maximum Gasteiger partial charge on any atom is 0.413 e. The third-order valence-electron chi connectivity index (χ3n) is 2.34. The molecule has 1 aliphatic heterocycles. The summed E-state index contributed by atoms with van der Waals surface area (Å²) in [5.41, 5.74) is -0.603. The van der Waals surface area contributed by atoms with Gasteiger partial charge in [0.15, 0.2) is 6.23 Å². The Kier molecular flexibility index (Phi) is 3.30. The lowest BCUT2D eigenvalue weighted by atomic mass is 9.93. The number of hydrogen-bond acceptors (Lipinski definition) is 5. The number of esters is 1. The van der Waals surface area contributed by atoms with Gasteiger partial charge in [-0.1, -0.05) is 20.8 Å². The fourth-order valence-electron chi connectivity index (χ4n) is 1.60. The van der Waals surface area contributed by atoms with E-state index in [1.807, 2.05) is 0 Å². The van der Waals surface area contributed by atoms with Gasteiger partial charge in [-0.05, 0) is 0 Å². The minimum atomic E-state index is -1.65. The van der Waals surface area contributed by atoms with Gasteiger partial charge in [0.05, 0.1) is 7.11 Å². The monoisotopic (exact) mass is 245 g/mol. The van der Waals surface area contributed by atoms with E-state index in [9.17, 15) is 14.4 Å². The Bertz CT molecular complexity index is 358. The SMILES string of the molecule is COC(=O)N1C(C(=O)O)C(=O)OC1C(C)(C)C. The molecule has 0 bridgehead atoms. The molecule has 1 heterocycles. The first-order valence-corrected chi connectivity index (χ1v) is 4.99. The number of methoxy groups -OCH3 is 1. The van der Waals surface area contributed by atoms with Crippen molar-refractivity contribution in [3.05, 3.63) is 0 Å². The van der Waals surface area contributed by atoms with Crippen LogP contribution in [0.15, 0.2) is 0 Å². The lowest BCUT2D eigenvalue weighted by Crippen LogP contribution is -2.50. The molecular weight excluding hydrogens is 230 g/mol. The van der Waals surface area contributed by atoms with Crippen LogP contribution in [0.4, 0.5) is 4.79 Å². The summed E-state index contributed by atoms with van der Waals surface area (Å²) >= 11 is 0. The summed E-state index contributed by atoms with van der Waals surface area (Å²) in [6.45, 7) is 5.18. The molecule has 0 radical (unpaired) electrons. The lowest BCUT2D eigenvalue weighted by Gasteiger charge is -2.32. The zero-order valence-corrected chi connectivity index (χ0v) is 10.1. The molecule has 0 spiro atoms. The topological polar surface area (TPSA) is 93.1 Å². The largest absolute Gasteiger partial charge is 0.479 e. The van der Waals surface area contributed by atoms with Crippen LogP contribution in [-0.2, 0) is 19.1 Å². The third kappa shape index (κ3) is 2.32. The number of carbonyl (C=O) groups is 3. The van der Waals surface area contributed by atoms with Gasteiger partial charge in [-0.2, -0.15) is 0 Å². The summed E-state index contributed by atoms with van der Waals surface area (Å²) in [5.74, 6) is -2.39. The number of ether oxygens (including phenoxy) is 2. The van der Waals surface area contributed by atoms with Gasteiger partial charge >= 0.3 is 18.0 Å². The highest BCUT2D eigenvalue weighted by atomic mass is 16.6. The van der Waals surface area contributed by atoms with Gasteiger partial charge in [0.25, 0.3) is 0 Å². The Balaban J connectivity index is 3.14. The molecule has 1 saturated heterocycles. The van der Waals surface area contributed by atoms with Crippen LogP contribution in [0.5, 0.6) is 0 Å². The van der Waals surface area contributed by atoms with Crippen molar-refractivity contribution in [1.82, 2.24) is 4.90 Å². The molecule has 1 N–H and O–H groups in total. The van der Waals surface area contributed by atoms with E-state index in [4.69, 9.17) is 9.84 Å². The van der Waals surface area contributed by atoms with Crippen LogP contribution in [-0.4, -0.2) is 47.4 Å². The molecule has 7 nitrogen and oxygen atoms in total. The summed E-state index contributed by atoms with van der Waals surface area (Å²) < 4.78 is 9.42. The highest BCUT2D eigenvalue weighted by Crippen LogP contribution is 2.32. The second-order valence-electron chi connectivity index (χ2n) is 4.77. The fraction of sp³-hybridized carbons (Fsp3) is 0.700. The van der Waals surface area contributed by atoms with E-state index in [2.05, 4.69) is 4.74 Å². The molecule has 0 saturated carbocycles. The summed E-state index contributed by atoms with van der Waals surface area (Å²) in [5, 5.41) is 8.93. The van der Waals surface area contributed by atoms with Crippen molar-refractivity contribution < 1.29 is 29.0 Å². The van der Waals surface area contributed by atoms with Crippen LogP contribution in [0.25, 0.3) is 0 Å². The highest BCUT2D eigenvalue weighted by Gasteiger charge is 2.54. The average molecular weight is 245 g/mol. The van der Waals surface area contributed by atoms with E-state index in [1.54, 1.807) is 20.8 Å². The molecule has 96 valence electrons. The molecular formula is C10H15NO6. The van der Waals surface area contributed by atoms with Crippen molar-refractivity contribution in [2.75, 3.05) is 7.11 Å². The fourth-order valence-corrected chi connectivity index (χ4v) is 1.60. The van der Waals surface area contributed by atoms with E-state index in [0.29, 0.717) is 0 Å². The van der Waals surface area contributed by atoms with Gasteiger partial charge in [-0.25, -0.2) is 19.3 Å². The van der Waals surface area contributed by atoms with Crippen molar-refractivity contribution in [3.8, 4) is 0 Å². The number of amides is 1. The van der Waals surface area contributed by atoms with E-state index < -0.39 is 35.7 Å². The van der Waals surface area contributed by atoms with E-state index in [1.165, 1.54) is 0 Å². The molecule has 7 heteroatoms. The summed E-state index contributed by atoms with van der Waals surface area (Å²) in [4.78, 5) is 34.8. The number of aliphatic carboxylic acids is 1. The second-order valence-corrected chi connectivity index (χ2v) is 4.77. The van der Waals surface area contributed by atoms with Crippen molar-refractivity contribution >= 4 is 18.0 Å². The molecule has 0 aromatic carbocycles. The van der Waals surface area contributed by atoms with Crippen molar-refractivity contribution in [3.63, 3.8) is 0 Å². The molecule has 0 aliphatic carbocycles. The normalized spacial score (nSPS) is 24.5. The number of hydrogen-bond donors (Lipinski definition) is 1. The predicted octanol–water partition coefficient (Wildman–Crippen LogP) is 0.437.